The molecule has 0 nitrogen and oxygen atoms in total. The van der Waals surface area contributed by atoms with Crippen LogP contribution in [0, 0.1) is 6.42 Å². The van der Waals surface area contributed by atoms with Gasteiger partial charge in [0.05, 0.1) is 5.56 Å². The third-order valence-corrected chi connectivity index (χ3v) is 1.55. The standard InChI is InChI=1S/C9H8F3/c1-2-7-4-3-5-8(6-7)9(10,11)12/h2-6H,1H3. The van der Waals surface area contributed by atoms with Crippen LogP contribution in [0.15, 0.2) is 24.3 Å². The molecule has 0 amide bonds. The maximum absolute atomic E-state index is 12.1. The molecular weight excluding hydrogens is 165 g/mol. The lowest BCUT2D eigenvalue weighted by Gasteiger charge is -2.06. The molecule has 65 valence electrons. The van der Waals surface area contributed by atoms with Crippen molar-refractivity contribution in [2.45, 2.75) is 13.1 Å². The average molecular weight is 173 g/mol. The Hall–Kier alpha value is -0.990. The number of rotatable bonds is 1. The number of alkyl halides is 3. The Morgan fingerprint density at radius 2 is 1.92 bits per heavy atom. The van der Waals surface area contributed by atoms with Crippen molar-refractivity contribution in [3.05, 3.63) is 41.8 Å². The highest BCUT2D eigenvalue weighted by atomic mass is 19.4. The molecule has 0 bridgehead atoms. The maximum Gasteiger partial charge on any atom is 0.416 e. The Labute approximate surface area is 69.0 Å². The second-order valence-electron chi connectivity index (χ2n) is 2.41. The third-order valence-electron chi connectivity index (χ3n) is 1.55. The van der Waals surface area contributed by atoms with E-state index in [0.29, 0.717) is 5.56 Å². The zero-order valence-corrected chi connectivity index (χ0v) is 6.52. The number of hydrogen-bond donors (Lipinski definition) is 0. The first-order chi connectivity index (χ1) is 5.54. The molecule has 0 aliphatic heterocycles. The summed E-state index contributed by atoms with van der Waals surface area (Å²) < 4.78 is 36.3. The van der Waals surface area contributed by atoms with Crippen LogP contribution >= 0.6 is 0 Å². The van der Waals surface area contributed by atoms with E-state index < -0.39 is 11.7 Å². The van der Waals surface area contributed by atoms with Crippen molar-refractivity contribution in [3.8, 4) is 0 Å². The van der Waals surface area contributed by atoms with E-state index in [1.54, 1.807) is 19.4 Å². The van der Waals surface area contributed by atoms with Crippen LogP contribution in [0.5, 0.6) is 0 Å². The maximum atomic E-state index is 12.1. The predicted octanol–water partition coefficient (Wildman–Crippen LogP) is 3.28. The minimum absolute atomic E-state index is 0.588. The lowest BCUT2D eigenvalue weighted by molar-refractivity contribution is -0.137. The summed E-state index contributed by atoms with van der Waals surface area (Å²) in [5.41, 5.74) is -0.0112. The van der Waals surface area contributed by atoms with Gasteiger partial charge in [-0.3, -0.25) is 0 Å². The van der Waals surface area contributed by atoms with Crippen molar-refractivity contribution < 1.29 is 13.2 Å². The first-order valence-electron chi connectivity index (χ1n) is 3.50. The minimum atomic E-state index is -4.24. The molecule has 0 saturated carbocycles. The van der Waals surface area contributed by atoms with Gasteiger partial charge >= 0.3 is 6.18 Å². The van der Waals surface area contributed by atoms with Crippen LogP contribution in [0.25, 0.3) is 0 Å². The van der Waals surface area contributed by atoms with Crippen LogP contribution in [-0.4, -0.2) is 0 Å². The van der Waals surface area contributed by atoms with Gasteiger partial charge in [-0.2, -0.15) is 13.2 Å². The first kappa shape index (κ1) is 9.10. The summed E-state index contributed by atoms with van der Waals surface area (Å²) >= 11 is 0. The van der Waals surface area contributed by atoms with Gasteiger partial charge in [0.25, 0.3) is 0 Å². The zero-order valence-electron chi connectivity index (χ0n) is 6.52. The van der Waals surface area contributed by atoms with Crippen molar-refractivity contribution in [1.29, 1.82) is 0 Å². The van der Waals surface area contributed by atoms with Gasteiger partial charge in [0.15, 0.2) is 0 Å². The van der Waals surface area contributed by atoms with Gasteiger partial charge in [0, 0.05) is 0 Å². The van der Waals surface area contributed by atoms with E-state index in [9.17, 15) is 13.2 Å². The molecule has 0 atom stereocenters. The molecule has 0 saturated heterocycles. The van der Waals surface area contributed by atoms with E-state index in [1.807, 2.05) is 0 Å². The topological polar surface area (TPSA) is 0 Å². The van der Waals surface area contributed by atoms with Crippen molar-refractivity contribution in [2.75, 3.05) is 0 Å². The lowest BCUT2D eigenvalue weighted by atomic mass is 10.1. The van der Waals surface area contributed by atoms with Gasteiger partial charge in [-0.1, -0.05) is 25.1 Å². The summed E-state index contributed by atoms with van der Waals surface area (Å²) in [7, 11) is 0. The van der Waals surface area contributed by atoms with Crippen molar-refractivity contribution in [3.63, 3.8) is 0 Å². The molecule has 0 unspecified atom stereocenters. The first-order valence-corrected chi connectivity index (χ1v) is 3.50. The molecule has 3 heteroatoms. The van der Waals surface area contributed by atoms with E-state index in [2.05, 4.69) is 0 Å². The second kappa shape index (κ2) is 3.17. The largest absolute Gasteiger partial charge is 0.416 e. The number of hydrogen-bond acceptors (Lipinski definition) is 0. The third kappa shape index (κ3) is 2.00. The molecule has 0 aliphatic rings. The molecule has 12 heavy (non-hydrogen) atoms. The Kier molecular flexibility index (Phi) is 2.40. The Bertz CT molecular complexity index is 263. The van der Waals surface area contributed by atoms with E-state index in [0.717, 1.165) is 12.1 Å². The smallest absolute Gasteiger partial charge is 0.166 e. The van der Waals surface area contributed by atoms with Gasteiger partial charge in [-0.15, -0.1) is 0 Å². The Balaban J connectivity index is 3.02. The quantitative estimate of drug-likeness (QED) is 0.611. The van der Waals surface area contributed by atoms with Gasteiger partial charge in [-0.25, -0.2) is 0 Å². The molecule has 1 aromatic carbocycles. The van der Waals surface area contributed by atoms with Crippen molar-refractivity contribution in [1.82, 2.24) is 0 Å². The van der Waals surface area contributed by atoms with Gasteiger partial charge in [-0.05, 0) is 18.1 Å². The predicted molar refractivity (Wildman–Crippen MR) is 40.5 cm³/mol. The fraction of sp³-hybridized carbons (Fsp3) is 0.222. The summed E-state index contributed by atoms with van der Waals surface area (Å²) in [6.07, 6.45) is -2.60. The molecule has 0 heterocycles. The van der Waals surface area contributed by atoms with E-state index in [4.69, 9.17) is 0 Å². The SMILES string of the molecule is C[CH]c1cccc(C(F)(F)F)c1. The molecule has 0 spiro atoms. The number of halogens is 3. The van der Waals surface area contributed by atoms with Gasteiger partial charge in [0.2, 0.25) is 0 Å². The Morgan fingerprint density at radius 1 is 1.25 bits per heavy atom. The molecule has 0 aliphatic carbocycles. The molecule has 1 radical (unpaired) electrons. The monoisotopic (exact) mass is 173 g/mol. The van der Waals surface area contributed by atoms with Crippen molar-refractivity contribution in [2.24, 2.45) is 0 Å². The second-order valence-corrected chi connectivity index (χ2v) is 2.41. The van der Waals surface area contributed by atoms with Crippen LogP contribution in [0.1, 0.15) is 18.1 Å². The normalized spacial score (nSPS) is 11.7. The van der Waals surface area contributed by atoms with Crippen LogP contribution in [0.4, 0.5) is 13.2 Å². The Morgan fingerprint density at radius 3 is 2.42 bits per heavy atom. The minimum Gasteiger partial charge on any atom is -0.166 e. The van der Waals surface area contributed by atoms with Crippen LogP contribution < -0.4 is 0 Å². The summed E-state index contributed by atoms with van der Waals surface area (Å²) in [5.74, 6) is 0. The van der Waals surface area contributed by atoms with Crippen LogP contribution in [-0.2, 0) is 6.18 Å². The average Bonchev–Trinajstić information content (AvgIpc) is 2.03. The molecule has 0 fully saturated rings. The van der Waals surface area contributed by atoms with E-state index >= 15 is 0 Å². The highest BCUT2D eigenvalue weighted by molar-refractivity contribution is 5.29. The number of benzene rings is 1. The summed E-state index contributed by atoms with van der Waals surface area (Å²) in [4.78, 5) is 0. The van der Waals surface area contributed by atoms with Crippen molar-refractivity contribution >= 4 is 0 Å². The highest BCUT2D eigenvalue weighted by Gasteiger charge is 2.30. The molecule has 1 rings (SSSR count). The molecule has 0 aromatic heterocycles. The molecule has 0 N–H and O–H groups in total. The van der Waals surface area contributed by atoms with E-state index in [1.165, 1.54) is 6.07 Å². The molecular formula is C9H8F3. The summed E-state index contributed by atoms with van der Waals surface area (Å²) in [5, 5.41) is 0. The lowest BCUT2D eigenvalue weighted by Crippen LogP contribution is -2.04. The van der Waals surface area contributed by atoms with Gasteiger partial charge in [0.1, 0.15) is 0 Å². The van der Waals surface area contributed by atoms with Crippen LogP contribution in [0.3, 0.4) is 0 Å². The summed E-state index contributed by atoms with van der Waals surface area (Å²) in [6, 6.07) is 5.22. The fourth-order valence-electron chi connectivity index (χ4n) is 0.895. The van der Waals surface area contributed by atoms with Gasteiger partial charge < -0.3 is 0 Å². The zero-order chi connectivity index (χ0) is 9.19. The van der Waals surface area contributed by atoms with Crippen LogP contribution in [0.2, 0.25) is 0 Å². The summed E-state index contributed by atoms with van der Waals surface area (Å²) in [6.45, 7) is 1.70. The molecule has 1 aromatic rings. The highest BCUT2D eigenvalue weighted by Crippen LogP contribution is 2.29. The van der Waals surface area contributed by atoms with E-state index in [-0.39, 0.29) is 0 Å². The fourth-order valence-corrected chi connectivity index (χ4v) is 0.895.